The van der Waals surface area contributed by atoms with Gasteiger partial charge in [-0.2, -0.15) is 0 Å². The first-order chi connectivity index (χ1) is 8.56. The number of benzene rings is 2. The highest BCUT2D eigenvalue weighted by Crippen LogP contribution is 2.19. The predicted molar refractivity (Wildman–Crippen MR) is 80.0 cm³/mol. The first-order valence-corrected chi connectivity index (χ1v) is 6.78. The van der Waals surface area contributed by atoms with Gasteiger partial charge < -0.3 is 5.32 Å². The van der Waals surface area contributed by atoms with Gasteiger partial charge in [-0.05, 0) is 56.5 Å². The van der Waals surface area contributed by atoms with Crippen LogP contribution in [-0.4, -0.2) is 12.1 Å². The van der Waals surface area contributed by atoms with E-state index < -0.39 is 0 Å². The van der Waals surface area contributed by atoms with Gasteiger partial charge in [-0.25, -0.2) is 0 Å². The van der Waals surface area contributed by atoms with E-state index in [0.29, 0.717) is 0 Å². The summed E-state index contributed by atoms with van der Waals surface area (Å²) in [5.74, 6) is 0. The van der Waals surface area contributed by atoms with Crippen molar-refractivity contribution in [2.45, 2.75) is 39.2 Å². The molecule has 0 aromatic heterocycles. The number of hydrogen-bond acceptors (Lipinski definition) is 1. The molecular formula is C17H23N. The first-order valence-electron chi connectivity index (χ1n) is 6.78. The van der Waals surface area contributed by atoms with Crippen molar-refractivity contribution in [3.8, 4) is 0 Å². The summed E-state index contributed by atoms with van der Waals surface area (Å²) in [6, 6.07) is 15.2. The standard InChI is InChI=1S/C17H23N/c1-17(2,3)18-13-7-11-15-10-6-9-14-8-4-5-12-16(14)15/h4-6,8-10,12,18H,7,11,13H2,1-3H3. The molecule has 1 heteroatoms. The molecule has 0 saturated carbocycles. The molecule has 0 aliphatic heterocycles. The normalized spacial score (nSPS) is 11.9. The Morgan fingerprint density at radius 2 is 1.67 bits per heavy atom. The predicted octanol–water partition coefficient (Wildman–Crippen LogP) is 4.16. The maximum atomic E-state index is 3.54. The Hall–Kier alpha value is -1.34. The van der Waals surface area contributed by atoms with Gasteiger partial charge >= 0.3 is 0 Å². The second-order valence-corrected chi connectivity index (χ2v) is 5.92. The van der Waals surface area contributed by atoms with Crippen molar-refractivity contribution in [3.63, 3.8) is 0 Å². The Bertz CT molecular complexity index is 503. The Balaban J connectivity index is 2.00. The lowest BCUT2D eigenvalue weighted by Gasteiger charge is -2.20. The van der Waals surface area contributed by atoms with E-state index in [-0.39, 0.29) is 5.54 Å². The Kier molecular flexibility index (Phi) is 4.03. The number of fused-ring (bicyclic) bond motifs is 1. The van der Waals surface area contributed by atoms with Crippen molar-refractivity contribution in [1.82, 2.24) is 5.32 Å². The van der Waals surface area contributed by atoms with Crippen LogP contribution in [0.25, 0.3) is 10.8 Å². The number of nitrogens with one attached hydrogen (secondary N) is 1. The average molecular weight is 241 g/mol. The second-order valence-electron chi connectivity index (χ2n) is 5.92. The van der Waals surface area contributed by atoms with E-state index in [2.05, 4.69) is 68.6 Å². The lowest BCUT2D eigenvalue weighted by molar-refractivity contribution is 0.422. The molecule has 0 radical (unpaired) electrons. The lowest BCUT2D eigenvalue weighted by atomic mass is 10.0. The minimum absolute atomic E-state index is 0.221. The van der Waals surface area contributed by atoms with Crippen molar-refractivity contribution >= 4 is 10.8 Å². The summed E-state index contributed by atoms with van der Waals surface area (Å²) in [4.78, 5) is 0. The third-order valence-electron chi connectivity index (χ3n) is 3.16. The fraction of sp³-hybridized carbons (Fsp3) is 0.412. The van der Waals surface area contributed by atoms with Crippen LogP contribution in [0.1, 0.15) is 32.8 Å². The van der Waals surface area contributed by atoms with E-state index in [9.17, 15) is 0 Å². The Morgan fingerprint density at radius 1 is 0.944 bits per heavy atom. The smallest absolute Gasteiger partial charge is 0.00965 e. The van der Waals surface area contributed by atoms with E-state index in [0.717, 1.165) is 13.0 Å². The second kappa shape index (κ2) is 5.53. The maximum absolute atomic E-state index is 3.54. The van der Waals surface area contributed by atoms with Crippen LogP contribution < -0.4 is 5.32 Å². The summed E-state index contributed by atoms with van der Waals surface area (Å²) < 4.78 is 0. The van der Waals surface area contributed by atoms with Gasteiger partial charge in [-0.3, -0.25) is 0 Å². The molecule has 0 aliphatic carbocycles. The summed E-state index contributed by atoms with van der Waals surface area (Å²) in [6.07, 6.45) is 2.33. The van der Waals surface area contributed by atoms with E-state index in [1.54, 1.807) is 0 Å². The Morgan fingerprint density at radius 3 is 2.44 bits per heavy atom. The van der Waals surface area contributed by atoms with Crippen molar-refractivity contribution < 1.29 is 0 Å². The van der Waals surface area contributed by atoms with Gasteiger partial charge in [0, 0.05) is 5.54 Å². The quantitative estimate of drug-likeness (QED) is 0.793. The lowest BCUT2D eigenvalue weighted by Crippen LogP contribution is -2.36. The molecule has 1 N–H and O–H groups in total. The summed E-state index contributed by atoms with van der Waals surface area (Å²) in [7, 11) is 0. The van der Waals surface area contributed by atoms with Gasteiger partial charge in [0.25, 0.3) is 0 Å². The van der Waals surface area contributed by atoms with Crippen LogP contribution >= 0.6 is 0 Å². The molecule has 0 heterocycles. The monoisotopic (exact) mass is 241 g/mol. The molecule has 0 atom stereocenters. The third-order valence-corrected chi connectivity index (χ3v) is 3.16. The summed E-state index contributed by atoms with van der Waals surface area (Å²) >= 11 is 0. The van der Waals surface area contributed by atoms with Crippen LogP contribution in [-0.2, 0) is 6.42 Å². The van der Waals surface area contributed by atoms with Crippen molar-refractivity contribution in [1.29, 1.82) is 0 Å². The highest BCUT2D eigenvalue weighted by molar-refractivity contribution is 5.85. The molecule has 0 saturated heterocycles. The van der Waals surface area contributed by atoms with E-state index >= 15 is 0 Å². The zero-order chi connectivity index (χ0) is 13.0. The molecule has 0 bridgehead atoms. The summed E-state index contributed by atoms with van der Waals surface area (Å²) in [5, 5.41) is 6.29. The highest BCUT2D eigenvalue weighted by atomic mass is 14.9. The van der Waals surface area contributed by atoms with Gasteiger partial charge in [-0.15, -0.1) is 0 Å². The van der Waals surface area contributed by atoms with E-state index in [4.69, 9.17) is 0 Å². The average Bonchev–Trinajstić information content (AvgIpc) is 2.33. The van der Waals surface area contributed by atoms with Crippen LogP contribution in [0, 0.1) is 0 Å². The molecule has 0 amide bonds. The molecule has 2 rings (SSSR count). The maximum Gasteiger partial charge on any atom is 0.00965 e. The van der Waals surface area contributed by atoms with Crippen molar-refractivity contribution in [2.24, 2.45) is 0 Å². The molecule has 1 nitrogen and oxygen atoms in total. The zero-order valence-electron chi connectivity index (χ0n) is 11.7. The largest absolute Gasteiger partial charge is 0.312 e. The van der Waals surface area contributed by atoms with Crippen LogP contribution in [0.3, 0.4) is 0 Å². The van der Waals surface area contributed by atoms with Crippen molar-refractivity contribution in [2.75, 3.05) is 6.54 Å². The molecule has 0 aliphatic rings. The van der Waals surface area contributed by atoms with E-state index in [1.165, 1.54) is 22.8 Å². The molecule has 96 valence electrons. The zero-order valence-corrected chi connectivity index (χ0v) is 11.7. The van der Waals surface area contributed by atoms with Crippen LogP contribution in [0.4, 0.5) is 0 Å². The molecule has 0 unspecified atom stereocenters. The van der Waals surface area contributed by atoms with E-state index in [1.807, 2.05) is 0 Å². The van der Waals surface area contributed by atoms with Gasteiger partial charge in [0.1, 0.15) is 0 Å². The fourth-order valence-corrected chi connectivity index (χ4v) is 2.25. The molecule has 2 aromatic rings. The highest BCUT2D eigenvalue weighted by Gasteiger charge is 2.07. The minimum Gasteiger partial charge on any atom is -0.312 e. The van der Waals surface area contributed by atoms with Gasteiger partial charge in [0.05, 0.1) is 0 Å². The third kappa shape index (κ3) is 3.58. The SMILES string of the molecule is CC(C)(C)NCCCc1cccc2ccccc12. The van der Waals surface area contributed by atoms with Gasteiger partial charge in [0.2, 0.25) is 0 Å². The summed E-state index contributed by atoms with van der Waals surface area (Å²) in [6.45, 7) is 7.72. The molecular weight excluding hydrogens is 218 g/mol. The topological polar surface area (TPSA) is 12.0 Å². The number of aryl methyl sites for hydroxylation is 1. The minimum atomic E-state index is 0.221. The molecule has 0 spiro atoms. The Labute approximate surface area is 110 Å². The first kappa shape index (κ1) is 13.1. The number of hydrogen-bond donors (Lipinski definition) is 1. The molecule has 2 aromatic carbocycles. The van der Waals surface area contributed by atoms with Crippen molar-refractivity contribution in [3.05, 3.63) is 48.0 Å². The van der Waals surface area contributed by atoms with Crippen LogP contribution in [0.5, 0.6) is 0 Å². The van der Waals surface area contributed by atoms with Crippen LogP contribution in [0.2, 0.25) is 0 Å². The summed E-state index contributed by atoms with van der Waals surface area (Å²) in [5.41, 5.74) is 1.68. The fourth-order valence-electron chi connectivity index (χ4n) is 2.25. The van der Waals surface area contributed by atoms with Gasteiger partial charge in [-0.1, -0.05) is 42.5 Å². The molecule has 0 fully saturated rings. The number of rotatable bonds is 4. The molecule has 18 heavy (non-hydrogen) atoms. The van der Waals surface area contributed by atoms with Gasteiger partial charge in [0.15, 0.2) is 0 Å². The van der Waals surface area contributed by atoms with Crippen LogP contribution in [0.15, 0.2) is 42.5 Å².